The van der Waals surface area contributed by atoms with E-state index < -0.39 is 12.3 Å². The minimum absolute atomic E-state index is 0. The number of rotatable bonds is 2. The molecule has 0 fully saturated rings. The highest BCUT2D eigenvalue weighted by atomic mass is 35.5. The van der Waals surface area contributed by atoms with Gasteiger partial charge in [0.05, 0.1) is 5.69 Å². The Morgan fingerprint density at radius 1 is 1.47 bits per heavy atom. The van der Waals surface area contributed by atoms with Gasteiger partial charge in [-0.1, -0.05) is 5.16 Å². The molecule has 0 aliphatic rings. The van der Waals surface area contributed by atoms with Gasteiger partial charge in [-0.3, -0.25) is 4.98 Å². The van der Waals surface area contributed by atoms with Gasteiger partial charge in [0.1, 0.15) is 5.71 Å². The third-order valence-electron chi connectivity index (χ3n) is 1.93. The van der Waals surface area contributed by atoms with Gasteiger partial charge >= 0.3 is 6.18 Å². The highest BCUT2D eigenvalue weighted by Crippen LogP contribution is 2.32. The van der Waals surface area contributed by atoms with E-state index >= 15 is 0 Å². The van der Waals surface area contributed by atoms with Crippen molar-refractivity contribution in [2.75, 3.05) is 0 Å². The van der Waals surface area contributed by atoms with Gasteiger partial charge < -0.3 is 10.3 Å². The largest absolute Gasteiger partial charge is 0.418 e. The average Bonchev–Trinajstić information content (AvgIpc) is 2.26. The summed E-state index contributed by atoms with van der Waals surface area (Å²) < 4.78 is 36.6. The SMILES string of the molecule is C/C(=N\O)c1cc(C(O)C(F)(F)F)ccn1.Cl. The lowest BCUT2D eigenvalue weighted by atomic mass is 10.1. The van der Waals surface area contributed by atoms with E-state index in [-0.39, 0.29) is 29.4 Å². The van der Waals surface area contributed by atoms with Crippen LogP contribution in [-0.2, 0) is 0 Å². The van der Waals surface area contributed by atoms with Crippen LogP contribution < -0.4 is 0 Å². The molecule has 1 heterocycles. The summed E-state index contributed by atoms with van der Waals surface area (Å²) in [4.78, 5) is 3.71. The van der Waals surface area contributed by atoms with Crippen LogP contribution in [0.15, 0.2) is 23.5 Å². The van der Waals surface area contributed by atoms with E-state index in [1.54, 1.807) is 0 Å². The first-order valence-electron chi connectivity index (χ1n) is 4.26. The number of nitrogens with zero attached hydrogens (tertiary/aromatic N) is 2. The Balaban J connectivity index is 0.00000256. The van der Waals surface area contributed by atoms with Gasteiger partial charge in [-0.15, -0.1) is 12.4 Å². The molecule has 0 saturated heterocycles. The van der Waals surface area contributed by atoms with Gasteiger partial charge in [-0.05, 0) is 24.6 Å². The van der Waals surface area contributed by atoms with Crippen molar-refractivity contribution in [3.8, 4) is 0 Å². The molecule has 0 spiro atoms. The van der Waals surface area contributed by atoms with E-state index in [0.717, 1.165) is 18.3 Å². The second kappa shape index (κ2) is 5.83. The summed E-state index contributed by atoms with van der Waals surface area (Å²) in [5, 5.41) is 20.2. The molecule has 8 heteroatoms. The van der Waals surface area contributed by atoms with E-state index in [0.29, 0.717) is 0 Å². The summed E-state index contributed by atoms with van der Waals surface area (Å²) in [5.41, 5.74) is -0.208. The number of aliphatic hydroxyl groups excluding tert-OH is 1. The van der Waals surface area contributed by atoms with Crippen LogP contribution in [0.5, 0.6) is 0 Å². The maximum atomic E-state index is 12.2. The molecule has 0 radical (unpaired) electrons. The molecule has 0 aliphatic heterocycles. The van der Waals surface area contributed by atoms with Crippen molar-refractivity contribution >= 4 is 18.1 Å². The van der Waals surface area contributed by atoms with E-state index in [1.807, 2.05) is 0 Å². The number of hydrogen-bond acceptors (Lipinski definition) is 4. The fraction of sp³-hybridized carbons (Fsp3) is 0.333. The van der Waals surface area contributed by atoms with E-state index in [4.69, 9.17) is 10.3 Å². The van der Waals surface area contributed by atoms with Crippen molar-refractivity contribution in [1.82, 2.24) is 4.98 Å². The van der Waals surface area contributed by atoms with Gasteiger partial charge in [0.15, 0.2) is 6.10 Å². The molecule has 1 atom stereocenters. The first-order valence-corrected chi connectivity index (χ1v) is 4.26. The van der Waals surface area contributed by atoms with Gasteiger partial charge in [0, 0.05) is 6.20 Å². The minimum atomic E-state index is -4.73. The predicted octanol–water partition coefficient (Wildman–Crippen LogP) is 2.30. The fourth-order valence-electron chi connectivity index (χ4n) is 1.06. The summed E-state index contributed by atoms with van der Waals surface area (Å²) in [6.07, 6.45) is -6.20. The first-order chi connectivity index (χ1) is 7.36. The normalized spacial score (nSPS) is 14.1. The number of pyridine rings is 1. The smallest absolute Gasteiger partial charge is 0.411 e. The number of halogens is 4. The number of oxime groups is 1. The summed E-state index contributed by atoms with van der Waals surface area (Å²) in [7, 11) is 0. The lowest BCUT2D eigenvalue weighted by molar-refractivity contribution is -0.206. The van der Waals surface area contributed by atoms with Crippen LogP contribution in [0.4, 0.5) is 13.2 Å². The summed E-state index contributed by atoms with van der Waals surface area (Å²) in [5.74, 6) is 0. The van der Waals surface area contributed by atoms with Gasteiger partial charge in [-0.2, -0.15) is 13.2 Å². The molecular formula is C9H10ClF3N2O2. The van der Waals surface area contributed by atoms with Crippen LogP contribution in [0, 0.1) is 0 Å². The molecule has 0 amide bonds. The number of aromatic nitrogens is 1. The van der Waals surface area contributed by atoms with Crippen molar-refractivity contribution < 1.29 is 23.5 Å². The standard InChI is InChI=1S/C9H9F3N2O2.ClH/c1-5(14-16)7-4-6(2-3-13-7)8(15)9(10,11)12;/h2-4,8,15-16H,1H3;1H/b14-5+;. The highest BCUT2D eigenvalue weighted by Gasteiger charge is 2.39. The van der Waals surface area contributed by atoms with Crippen LogP contribution in [0.25, 0.3) is 0 Å². The van der Waals surface area contributed by atoms with Crippen LogP contribution in [0.3, 0.4) is 0 Å². The molecule has 0 saturated carbocycles. The Kier molecular flexibility index (Phi) is 5.37. The van der Waals surface area contributed by atoms with Gasteiger partial charge in [-0.25, -0.2) is 0 Å². The van der Waals surface area contributed by atoms with Crippen LogP contribution >= 0.6 is 12.4 Å². The van der Waals surface area contributed by atoms with Crippen molar-refractivity contribution in [3.05, 3.63) is 29.6 Å². The van der Waals surface area contributed by atoms with Crippen molar-refractivity contribution in [2.45, 2.75) is 19.2 Å². The molecule has 0 aromatic carbocycles. The fourth-order valence-corrected chi connectivity index (χ4v) is 1.06. The van der Waals surface area contributed by atoms with Crippen molar-refractivity contribution in [1.29, 1.82) is 0 Å². The van der Waals surface area contributed by atoms with E-state index in [9.17, 15) is 13.2 Å². The number of hydrogen-bond donors (Lipinski definition) is 2. The Hall–Kier alpha value is -1.34. The third-order valence-corrected chi connectivity index (χ3v) is 1.93. The lowest BCUT2D eigenvalue weighted by Gasteiger charge is -2.14. The van der Waals surface area contributed by atoms with Gasteiger partial charge in [0.25, 0.3) is 0 Å². The van der Waals surface area contributed by atoms with Crippen LogP contribution in [0.1, 0.15) is 24.3 Å². The zero-order valence-corrected chi connectivity index (χ0v) is 9.46. The third kappa shape index (κ3) is 3.86. The molecule has 96 valence electrons. The Morgan fingerprint density at radius 2 is 2.06 bits per heavy atom. The molecule has 1 unspecified atom stereocenters. The molecule has 1 aromatic heterocycles. The Morgan fingerprint density at radius 3 is 2.53 bits per heavy atom. The molecule has 17 heavy (non-hydrogen) atoms. The molecule has 0 bridgehead atoms. The molecule has 1 aromatic rings. The summed E-state index contributed by atoms with van der Waals surface area (Å²) in [6.45, 7) is 1.38. The average molecular weight is 271 g/mol. The molecular weight excluding hydrogens is 261 g/mol. The zero-order chi connectivity index (χ0) is 12.3. The highest BCUT2D eigenvalue weighted by molar-refractivity contribution is 5.96. The monoisotopic (exact) mass is 270 g/mol. The van der Waals surface area contributed by atoms with Gasteiger partial charge in [0.2, 0.25) is 0 Å². The first kappa shape index (κ1) is 15.7. The number of alkyl halides is 3. The maximum Gasteiger partial charge on any atom is 0.418 e. The zero-order valence-electron chi connectivity index (χ0n) is 8.64. The van der Waals surface area contributed by atoms with Crippen molar-refractivity contribution in [2.24, 2.45) is 5.16 Å². The quantitative estimate of drug-likeness (QED) is 0.492. The second-order valence-corrected chi connectivity index (χ2v) is 3.10. The minimum Gasteiger partial charge on any atom is -0.411 e. The second-order valence-electron chi connectivity index (χ2n) is 3.10. The van der Waals surface area contributed by atoms with E-state index in [2.05, 4.69) is 10.1 Å². The molecule has 1 rings (SSSR count). The molecule has 0 aliphatic carbocycles. The van der Waals surface area contributed by atoms with Crippen LogP contribution in [0.2, 0.25) is 0 Å². The van der Waals surface area contributed by atoms with Crippen molar-refractivity contribution in [3.63, 3.8) is 0 Å². The van der Waals surface area contributed by atoms with Crippen LogP contribution in [-0.4, -0.2) is 27.2 Å². The maximum absolute atomic E-state index is 12.2. The molecule has 2 N–H and O–H groups in total. The number of aliphatic hydroxyl groups is 1. The summed E-state index contributed by atoms with van der Waals surface area (Å²) >= 11 is 0. The van der Waals surface area contributed by atoms with E-state index in [1.165, 1.54) is 6.92 Å². The Labute approximate surface area is 101 Å². The Bertz CT molecular complexity index is 409. The molecule has 4 nitrogen and oxygen atoms in total. The topological polar surface area (TPSA) is 65.7 Å². The predicted molar refractivity (Wildman–Crippen MR) is 56.5 cm³/mol. The lowest BCUT2D eigenvalue weighted by Crippen LogP contribution is -2.20. The summed E-state index contributed by atoms with van der Waals surface area (Å²) in [6, 6.07) is 2.07.